The maximum atomic E-state index is 11.7. The van der Waals surface area contributed by atoms with Crippen LogP contribution in [0.3, 0.4) is 0 Å². The molecule has 0 saturated carbocycles. The van der Waals surface area contributed by atoms with Crippen LogP contribution in [-0.4, -0.2) is 11.9 Å². The summed E-state index contributed by atoms with van der Waals surface area (Å²) in [4.78, 5) is 11.6. The highest BCUT2D eigenvalue weighted by Gasteiger charge is 2.16. The lowest BCUT2D eigenvalue weighted by Crippen LogP contribution is -2.35. The average molecular weight is 294 g/mol. The highest BCUT2D eigenvalue weighted by Crippen LogP contribution is 2.23. The Labute approximate surface area is 111 Å². The van der Waals surface area contributed by atoms with Gasteiger partial charge in [0.05, 0.1) is 10.4 Å². The standard InChI is InChI=1S/C10H14ClN2O2S2/c1-3-6(2)9(12)10(14)13-17(15)8-5-4-7(11)16-8/h4-6,9H,3,12H2,1-2H3/q-1/t6-,9-/m0/s1. The zero-order valence-corrected chi connectivity index (χ0v) is 11.9. The van der Waals surface area contributed by atoms with Crippen molar-refractivity contribution in [3.63, 3.8) is 0 Å². The number of hydrogen-bond acceptors (Lipinski definition) is 5. The quantitative estimate of drug-likeness (QED) is 0.868. The fourth-order valence-corrected chi connectivity index (χ4v) is 3.22. The zero-order chi connectivity index (χ0) is 13.0. The van der Waals surface area contributed by atoms with E-state index in [2.05, 4.69) is 4.36 Å². The van der Waals surface area contributed by atoms with Gasteiger partial charge in [0.15, 0.2) is 0 Å². The van der Waals surface area contributed by atoms with Crippen molar-refractivity contribution in [2.24, 2.45) is 16.0 Å². The van der Waals surface area contributed by atoms with E-state index in [0.717, 1.165) is 17.8 Å². The maximum Gasteiger partial charge on any atom is 0.240 e. The molecule has 0 aliphatic heterocycles. The van der Waals surface area contributed by atoms with Gasteiger partial charge < -0.3 is 14.3 Å². The second-order valence-corrected chi connectivity index (χ2v) is 6.74. The number of carbonyl (C=O) groups is 1. The van der Waals surface area contributed by atoms with Crippen LogP contribution in [0.2, 0.25) is 4.34 Å². The Kier molecular flexibility index (Phi) is 5.58. The molecule has 0 radical (unpaired) electrons. The molecule has 0 fully saturated rings. The van der Waals surface area contributed by atoms with Crippen LogP contribution in [0.25, 0.3) is 0 Å². The molecule has 17 heavy (non-hydrogen) atoms. The fourth-order valence-electron chi connectivity index (χ4n) is 1.08. The molecule has 0 aromatic carbocycles. The maximum absolute atomic E-state index is 11.7. The van der Waals surface area contributed by atoms with Gasteiger partial charge in [-0.1, -0.05) is 37.9 Å². The van der Waals surface area contributed by atoms with Gasteiger partial charge in [-0.2, -0.15) is 0 Å². The number of nitrogens with zero attached hydrogens (tertiary/aromatic N) is 1. The Morgan fingerprint density at radius 1 is 1.65 bits per heavy atom. The number of carbonyl (C=O) groups excluding carboxylic acids is 1. The third-order valence-corrected chi connectivity index (χ3v) is 4.97. The van der Waals surface area contributed by atoms with Gasteiger partial charge in [0.1, 0.15) is 0 Å². The summed E-state index contributed by atoms with van der Waals surface area (Å²) in [6.45, 7) is 3.80. The van der Waals surface area contributed by atoms with Gasteiger partial charge in [-0.15, -0.1) is 21.9 Å². The first-order chi connectivity index (χ1) is 7.95. The van der Waals surface area contributed by atoms with Crippen LogP contribution >= 0.6 is 22.9 Å². The Morgan fingerprint density at radius 2 is 2.29 bits per heavy atom. The molecule has 1 amide bonds. The van der Waals surface area contributed by atoms with Crippen LogP contribution in [0.5, 0.6) is 0 Å². The lowest BCUT2D eigenvalue weighted by molar-refractivity contribution is -0.119. The highest BCUT2D eigenvalue weighted by molar-refractivity contribution is 7.78. The Balaban J connectivity index is 2.82. The Bertz CT molecular complexity index is 480. The minimum atomic E-state index is -1.70. The van der Waals surface area contributed by atoms with Crippen LogP contribution in [0, 0.1) is 5.92 Å². The summed E-state index contributed by atoms with van der Waals surface area (Å²) < 4.78 is 16.3. The van der Waals surface area contributed by atoms with E-state index in [1.165, 1.54) is 0 Å². The molecule has 7 heteroatoms. The van der Waals surface area contributed by atoms with Crippen molar-refractivity contribution in [2.45, 2.75) is 30.5 Å². The molecule has 96 valence electrons. The van der Waals surface area contributed by atoms with E-state index in [1.54, 1.807) is 12.1 Å². The molecule has 1 aromatic rings. The van der Waals surface area contributed by atoms with E-state index < -0.39 is 22.5 Å². The molecule has 0 spiro atoms. The van der Waals surface area contributed by atoms with Crippen LogP contribution in [0.1, 0.15) is 20.3 Å². The molecule has 0 bridgehead atoms. The number of amides is 1. The normalized spacial score (nSPS) is 16.7. The first kappa shape index (κ1) is 14.6. The van der Waals surface area contributed by atoms with Gasteiger partial charge in [-0.3, -0.25) is 4.79 Å². The third kappa shape index (κ3) is 4.06. The van der Waals surface area contributed by atoms with Crippen LogP contribution in [0.15, 0.2) is 20.7 Å². The van der Waals surface area contributed by atoms with Crippen molar-refractivity contribution in [3.8, 4) is 0 Å². The van der Waals surface area contributed by atoms with E-state index in [0.29, 0.717) is 8.55 Å². The summed E-state index contributed by atoms with van der Waals surface area (Å²) in [6.07, 6.45) is 0.778. The van der Waals surface area contributed by atoms with Gasteiger partial charge in [0.2, 0.25) is 5.91 Å². The van der Waals surface area contributed by atoms with Crippen molar-refractivity contribution in [1.82, 2.24) is 0 Å². The molecule has 1 rings (SSSR count). The Hall–Kier alpha value is -0.430. The highest BCUT2D eigenvalue weighted by atomic mass is 35.5. The summed E-state index contributed by atoms with van der Waals surface area (Å²) in [6, 6.07) is 2.52. The number of halogens is 1. The Morgan fingerprint density at radius 3 is 2.76 bits per heavy atom. The molecule has 4 nitrogen and oxygen atoms in total. The third-order valence-electron chi connectivity index (χ3n) is 2.44. The molecule has 2 atom stereocenters. The number of thiophene rings is 1. The van der Waals surface area contributed by atoms with E-state index >= 15 is 0 Å². The van der Waals surface area contributed by atoms with Crippen molar-refractivity contribution in [1.29, 1.82) is 0 Å². The molecular weight excluding hydrogens is 280 g/mol. The van der Waals surface area contributed by atoms with Crippen molar-refractivity contribution < 1.29 is 9.00 Å². The van der Waals surface area contributed by atoms with E-state index in [1.807, 2.05) is 13.8 Å². The average Bonchev–Trinajstić information content (AvgIpc) is 2.73. The molecule has 0 unspecified atom stereocenters. The van der Waals surface area contributed by atoms with Crippen LogP contribution in [0.4, 0.5) is 0 Å². The lowest BCUT2D eigenvalue weighted by Gasteiger charge is -2.15. The SMILES string of the molecule is CC[C@H](C)[C@H](N)C(=O)N=[S-](=O)c1ccc(Cl)s1. The van der Waals surface area contributed by atoms with Gasteiger partial charge in [0.25, 0.3) is 0 Å². The molecule has 1 aromatic heterocycles. The summed E-state index contributed by atoms with van der Waals surface area (Å²) in [5, 5.41) is 0. The predicted octanol–water partition coefficient (Wildman–Crippen LogP) is 2.81. The molecule has 2 N–H and O–H groups in total. The number of nitrogens with two attached hydrogens (primary N) is 1. The fraction of sp³-hybridized carbons (Fsp3) is 0.500. The van der Waals surface area contributed by atoms with Crippen molar-refractivity contribution in [3.05, 3.63) is 16.5 Å². The minimum absolute atomic E-state index is 0.0233. The van der Waals surface area contributed by atoms with Gasteiger partial charge in [0, 0.05) is 0 Å². The number of hydrogen-bond donors (Lipinski definition) is 1. The van der Waals surface area contributed by atoms with Crippen LogP contribution < -0.4 is 5.73 Å². The first-order valence-corrected chi connectivity index (χ1v) is 7.44. The van der Waals surface area contributed by atoms with Crippen LogP contribution in [-0.2, 0) is 19.6 Å². The topological polar surface area (TPSA) is 72.5 Å². The second kappa shape index (κ2) is 6.49. The summed E-state index contributed by atoms with van der Waals surface area (Å²) in [5.41, 5.74) is 5.70. The van der Waals surface area contributed by atoms with Crippen molar-refractivity contribution in [2.75, 3.05) is 0 Å². The number of rotatable bonds is 4. The molecule has 0 aliphatic rings. The minimum Gasteiger partial charge on any atom is -0.439 e. The van der Waals surface area contributed by atoms with Crippen molar-refractivity contribution >= 4 is 39.4 Å². The lowest BCUT2D eigenvalue weighted by atomic mass is 10.00. The smallest absolute Gasteiger partial charge is 0.240 e. The molecule has 0 saturated heterocycles. The summed E-state index contributed by atoms with van der Waals surface area (Å²) in [7, 11) is -1.70. The largest absolute Gasteiger partial charge is 0.439 e. The van der Waals surface area contributed by atoms with Gasteiger partial charge in [-0.05, 0) is 16.2 Å². The summed E-state index contributed by atoms with van der Waals surface area (Å²) >= 11 is 6.85. The van der Waals surface area contributed by atoms with E-state index in [4.69, 9.17) is 17.3 Å². The zero-order valence-electron chi connectivity index (χ0n) is 9.55. The first-order valence-electron chi connectivity index (χ1n) is 5.14. The van der Waals surface area contributed by atoms with Gasteiger partial charge in [-0.25, -0.2) is 0 Å². The molecular formula is C10H14ClN2O2S2-. The van der Waals surface area contributed by atoms with E-state index in [-0.39, 0.29) is 5.92 Å². The monoisotopic (exact) mass is 293 g/mol. The molecule has 1 heterocycles. The van der Waals surface area contributed by atoms with E-state index in [9.17, 15) is 9.00 Å². The predicted molar refractivity (Wildman–Crippen MR) is 70.5 cm³/mol. The van der Waals surface area contributed by atoms with Gasteiger partial charge >= 0.3 is 0 Å². The second-order valence-electron chi connectivity index (χ2n) is 3.65. The summed E-state index contributed by atoms with van der Waals surface area (Å²) in [5.74, 6) is -0.502. The molecule has 0 aliphatic carbocycles.